The molecule has 0 saturated carbocycles. The van der Waals surface area contributed by atoms with E-state index in [1.807, 2.05) is 13.8 Å². The van der Waals surface area contributed by atoms with Crippen molar-refractivity contribution in [1.29, 1.82) is 0 Å². The summed E-state index contributed by atoms with van der Waals surface area (Å²) in [6, 6.07) is 0. The third-order valence-electron chi connectivity index (χ3n) is 2.04. The molecule has 1 atom stereocenters. The average molecular weight is 291 g/mol. The number of hydrogen-bond acceptors (Lipinski definition) is 5. The highest BCUT2D eigenvalue weighted by molar-refractivity contribution is 7.87. The topological polar surface area (TPSA) is 83.5 Å². The Morgan fingerprint density at radius 3 is 2.11 bits per heavy atom. The van der Waals surface area contributed by atoms with E-state index in [2.05, 4.69) is 4.18 Å². The number of carbonyl (C=O) groups excluding carboxylic acids is 1. The lowest BCUT2D eigenvalue weighted by Gasteiger charge is -2.19. The molecule has 0 aliphatic carbocycles. The summed E-state index contributed by atoms with van der Waals surface area (Å²) in [6.45, 7) is 3.67. The molecule has 0 aromatic carbocycles. The highest BCUT2D eigenvalue weighted by atomic mass is 32.2. The minimum absolute atomic E-state index is 0.214. The van der Waals surface area contributed by atoms with Crippen LogP contribution in [0.3, 0.4) is 0 Å². The molecule has 0 heterocycles. The Morgan fingerprint density at radius 2 is 1.78 bits per heavy atom. The van der Waals surface area contributed by atoms with E-state index in [0.29, 0.717) is 6.42 Å². The van der Waals surface area contributed by atoms with Crippen molar-refractivity contribution in [3.63, 3.8) is 0 Å². The zero-order valence-electron chi connectivity index (χ0n) is 9.86. The SMILES string of the molecule is CC(C)CCCC(OS(=O)(=O)C(F)(F)F)C(=O)[O-]. The number of carboxylic acids is 1. The first-order valence-electron chi connectivity index (χ1n) is 5.17. The second-order valence-corrected chi connectivity index (χ2v) is 5.69. The van der Waals surface area contributed by atoms with Gasteiger partial charge < -0.3 is 9.90 Å². The quantitative estimate of drug-likeness (QED) is 0.511. The lowest BCUT2D eigenvalue weighted by Crippen LogP contribution is -2.41. The molecule has 18 heavy (non-hydrogen) atoms. The Morgan fingerprint density at radius 1 is 1.28 bits per heavy atom. The molecule has 0 saturated heterocycles. The third-order valence-corrected chi connectivity index (χ3v) is 3.09. The van der Waals surface area contributed by atoms with Gasteiger partial charge in [-0.25, -0.2) is 0 Å². The molecule has 0 spiro atoms. The Bertz CT molecular complexity index is 374. The van der Waals surface area contributed by atoms with E-state index < -0.39 is 27.7 Å². The highest BCUT2D eigenvalue weighted by Gasteiger charge is 2.48. The van der Waals surface area contributed by atoms with Crippen molar-refractivity contribution in [3.8, 4) is 0 Å². The second-order valence-electron chi connectivity index (χ2n) is 4.13. The monoisotopic (exact) mass is 291 g/mol. The van der Waals surface area contributed by atoms with E-state index in [9.17, 15) is 31.5 Å². The van der Waals surface area contributed by atoms with Gasteiger partial charge in [-0.3, -0.25) is 4.18 Å². The first-order valence-corrected chi connectivity index (χ1v) is 6.58. The number of hydrogen-bond donors (Lipinski definition) is 0. The second kappa shape index (κ2) is 6.37. The van der Waals surface area contributed by atoms with Gasteiger partial charge in [0.05, 0.1) is 5.97 Å². The Balaban J connectivity index is 4.61. The summed E-state index contributed by atoms with van der Waals surface area (Å²) in [5.74, 6) is -1.77. The zero-order chi connectivity index (χ0) is 14.6. The number of carboxylic acid groups (broad SMARTS) is 1. The van der Waals surface area contributed by atoms with Crippen molar-refractivity contribution in [1.82, 2.24) is 0 Å². The van der Waals surface area contributed by atoms with Gasteiger partial charge >= 0.3 is 15.6 Å². The molecule has 0 N–H and O–H groups in total. The Kier molecular flexibility index (Phi) is 6.08. The Labute approximate surface area is 103 Å². The maximum atomic E-state index is 12.0. The average Bonchev–Trinajstić information content (AvgIpc) is 2.13. The molecule has 0 fully saturated rings. The number of carbonyl (C=O) groups is 1. The van der Waals surface area contributed by atoms with E-state index in [4.69, 9.17) is 0 Å². The van der Waals surface area contributed by atoms with Crippen LogP contribution in [0.1, 0.15) is 33.1 Å². The van der Waals surface area contributed by atoms with Crippen LogP contribution in [-0.2, 0) is 19.1 Å². The molecule has 0 aromatic rings. The number of alkyl halides is 3. The summed E-state index contributed by atoms with van der Waals surface area (Å²) >= 11 is 0. The van der Waals surface area contributed by atoms with Crippen LogP contribution in [0.15, 0.2) is 0 Å². The summed E-state index contributed by atoms with van der Waals surface area (Å²) in [6.07, 6.45) is -1.70. The largest absolute Gasteiger partial charge is 0.547 e. The van der Waals surface area contributed by atoms with Crippen LogP contribution >= 0.6 is 0 Å². The molecule has 0 rings (SSSR count). The van der Waals surface area contributed by atoms with Gasteiger partial charge in [0, 0.05) is 0 Å². The van der Waals surface area contributed by atoms with Crippen molar-refractivity contribution in [2.45, 2.75) is 44.7 Å². The normalized spacial score (nSPS) is 14.8. The fourth-order valence-electron chi connectivity index (χ4n) is 1.12. The number of rotatable bonds is 7. The predicted octanol–water partition coefficient (Wildman–Crippen LogP) is 0.797. The van der Waals surface area contributed by atoms with Crippen LogP contribution in [0.4, 0.5) is 13.2 Å². The van der Waals surface area contributed by atoms with E-state index in [-0.39, 0.29) is 18.8 Å². The fraction of sp³-hybridized carbons (Fsp3) is 0.889. The first-order chi connectivity index (χ1) is 7.97. The van der Waals surface area contributed by atoms with E-state index in [0.717, 1.165) is 0 Å². The van der Waals surface area contributed by atoms with Crippen LogP contribution in [0.2, 0.25) is 0 Å². The minimum Gasteiger partial charge on any atom is -0.547 e. The molecule has 0 aliphatic heterocycles. The summed E-state index contributed by atoms with van der Waals surface area (Å²) < 4.78 is 60.8. The molecule has 0 amide bonds. The van der Waals surface area contributed by atoms with Gasteiger partial charge in [0.2, 0.25) is 0 Å². The van der Waals surface area contributed by atoms with Gasteiger partial charge in [-0.15, -0.1) is 0 Å². The fourth-order valence-corrected chi connectivity index (χ4v) is 1.71. The molecular formula is C9H14F3O5S-. The number of halogens is 3. The summed E-state index contributed by atoms with van der Waals surface area (Å²) in [5.41, 5.74) is -5.64. The van der Waals surface area contributed by atoms with Crippen molar-refractivity contribution < 1.29 is 35.7 Å². The maximum absolute atomic E-state index is 12.0. The van der Waals surface area contributed by atoms with Gasteiger partial charge in [-0.05, 0) is 12.3 Å². The van der Waals surface area contributed by atoms with E-state index >= 15 is 0 Å². The van der Waals surface area contributed by atoms with Crippen LogP contribution in [0.5, 0.6) is 0 Å². The molecule has 0 radical (unpaired) electrons. The summed E-state index contributed by atoms with van der Waals surface area (Å²) in [5, 5.41) is 10.5. The van der Waals surface area contributed by atoms with Gasteiger partial charge in [-0.2, -0.15) is 21.6 Å². The van der Waals surface area contributed by atoms with Gasteiger partial charge in [-0.1, -0.05) is 26.7 Å². The van der Waals surface area contributed by atoms with Crippen molar-refractivity contribution >= 4 is 16.1 Å². The molecule has 108 valence electrons. The van der Waals surface area contributed by atoms with Gasteiger partial charge in [0.25, 0.3) is 0 Å². The lowest BCUT2D eigenvalue weighted by atomic mass is 10.0. The maximum Gasteiger partial charge on any atom is 0.523 e. The van der Waals surface area contributed by atoms with E-state index in [1.165, 1.54) is 0 Å². The molecule has 0 aliphatic rings. The molecule has 9 heteroatoms. The van der Waals surface area contributed by atoms with Gasteiger partial charge in [0.1, 0.15) is 6.10 Å². The highest BCUT2D eigenvalue weighted by Crippen LogP contribution is 2.26. The standard InChI is InChI=1S/C9H15F3O5S/c1-6(2)4-3-5-7(8(13)14)17-18(15,16)9(10,11)12/h6-7H,3-5H2,1-2H3,(H,13,14)/p-1. The molecule has 0 bridgehead atoms. The molecule has 5 nitrogen and oxygen atoms in total. The predicted molar refractivity (Wildman–Crippen MR) is 53.5 cm³/mol. The lowest BCUT2D eigenvalue weighted by molar-refractivity contribution is -0.314. The number of aliphatic carboxylic acids is 1. The smallest absolute Gasteiger partial charge is 0.523 e. The Hall–Kier alpha value is -0.830. The van der Waals surface area contributed by atoms with Crippen LogP contribution in [0, 0.1) is 5.92 Å². The molecule has 0 aromatic heterocycles. The first kappa shape index (κ1) is 17.2. The summed E-state index contributed by atoms with van der Waals surface area (Å²) in [4.78, 5) is 10.5. The summed E-state index contributed by atoms with van der Waals surface area (Å²) in [7, 11) is -5.91. The minimum atomic E-state index is -5.91. The van der Waals surface area contributed by atoms with Crippen LogP contribution < -0.4 is 5.11 Å². The van der Waals surface area contributed by atoms with Crippen LogP contribution in [-0.4, -0.2) is 26.0 Å². The van der Waals surface area contributed by atoms with Crippen molar-refractivity contribution in [2.75, 3.05) is 0 Å². The van der Waals surface area contributed by atoms with Crippen LogP contribution in [0.25, 0.3) is 0 Å². The van der Waals surface area contributed by atoms with Gasteiger partial charge in [0.15, 0.2) is 0 Å². The zero-order valence-corrected chi connectivity index (χ0v) is 10.7. The third kappa shape index (κ3) is 5.67. The molecule has 1 unspecified atom stereocenters. The molecular weight excluding hydrogens is 277 g/mol. The van der Waals surface area contributed by atoms with Crippen molar-refractivity contribution in [2.24, 2.45) is 5.92 Å². The van der Waals surface area contributed by atoms with Crippen molar-refractivity contribution in [3.05, 3.63) is 0 Å². The van der Waals surface area contributed by atoms with E-state index in [1.54, 1.807) is 0 Å².